The van der Waals surface area contributed by atoms with Gasteiger partial charge in [0.2, 0.25) is 0 Å². The first-order chi connectivity index (χ1) is 10.1. The van der Waals surface area contributed by atoms with Gasteiger partial charge in [-0.15, -0.1) is 0 Å². The molecule has 0 unspecified atom stereocenters. The Hall–Kier alpha value is -0.860. The molecule has 2 fully saturated rings. The number of hydrogen-bond acceptors (Lipinski definition) is 2. The molecule has 116 valence electrons. The summed E-state index contributed by atoms with van der Waals surface area (Å²) in [5.74, 6) is 0.793. The Kier molecular flexibility index (Phi) is 4.66. The maximum atomic E-state index is 3.43. The maximum absolute atomic E-state index is 3.43. The highest BCUT2D eigenvalue weighted by atomic mass is 15.2. The standard InChI is InChI=1S/C19H30N2/c1-19(2)8-6-17(7-9-19)18-5-3-4-16(14-18)15-21-12-10-20-11-13-21/h3-5,14,17,20H,6-13,15H2,1-2H3. The molecule has 1 heterocycles. The van der Waals surface area contributed by atoms with Crippen molar-refractivity contribution in [2.24, 2.45) is 5.41 Å². The molecule has 0 bridgehead atoms. The van der Waals surface area contributed by atoms with Crippen molar-refractivity contribution in [3.8, 4) is 0 Å². The van der Waals surface area contributed by atoms with E-state index in [1.807, 2.05) is 0 Å². The Morgan fingerprint density at radius 2 is 1.86 bits per heavy atom. The summed E-state index contributed by atoms with van der Waals surface area (Å²) in [5, 5.41) is 3.43. The van der Waals surface area contributed by atoms with E-state index >= 15 is 0 Å². The fourth-order valence-corrected chi connectivity index (χ4v) is 3.81. The molecule has 2 heteroatoms. The quantitative estimate of drug-likeness (QED) is 0.910. The average molecular weight is 286 g/mol. The highest BCUT2D eigenvalue weighted by Crippen LogP contribution is 2.42. The average Bonchev–Trinajstić information content (AvgIpc) is 2.48. The van der Waals surface area contributed by atoms with Gasteiger partial charge in [0.15, 0.2) is 0 Å². The van der Waals surface area contributed by atoms with Crippen LogP contribution in [0, 0.1) is 5.41 Å². The van der Waals surface area contributed by atoms with Crippen LogP contribution in [0.4, 0.5) is 0 Å². The molecule has 0 amide bonds. The van der Waals surface area contributed by atoms with Crippen LogP contribution in [-0.2, 0) is 6.54 Å². The summed E-state index contributed by atoms with van der Waals surface area (Å²) in [4.78, 5) is 2.57. The Bertz CT molecular complexity index is 450. The lowest BCUT2D eigenvalue weighted by Crippen LogP contribution is -2.42. The molecule has 3 rings (SSSR count). The van der Waals surface area contributed by atoms with Crippen LogP contribution >= 0.6 is 0 Å². The van der Waals surface area contributed by atoms with Gasteiger partial charge < -0.3 is 5.32 Å². The molecule has 1 aromatic rings. The molecule has 1 aromatic carbocycles. The summed E-state index contributed by atoms with van der Waals surface area (Å²) in [6.07, 6.45) is 5.48. The summed E-state index contributed by atoms with van der Waals surface area (Å²) in [7, 11) is 0. The van der Waals surface area contributed by atoms with Gasteiger partial charge in [0.1, 0.15) is 0 Å². The van der Waals surface area contributed by atoms with Crippen LogP contribution in [0.1, 0.15) is 56.6 Å². The van der Waals surface area contributed by atoms with Crippen molar-refractivity contribution in [1.29, 1.82) is 0 Å². The smallest absolute Gasteiger partial charge is 0.0234 e. The summed E-state index contributed by atoms with van der Waals surface area (Å²) >= 11 is 0. The van der Waals surface area contributed by atoms with Gasteiger partial charge in [-0.2, -0.15) is 0 Å². The van der Waals surface area contributed by atoms with Crippen molar-refractivity contribution in [2.75, 3.05) is 26.2 Å². The molecule has 1 saturated heterocycles. The van der Waals surface area contributed by atoms with E-state index in [9.17, 15) is 0 Å². The van der Waals surface area contributed by atoms with Crippen molar-refractivity contribution >= 4 is 0 Å². The topological polar surface area (TPSA) is 15.3 Å². The van der Waals surface area contributed by atoms with Crippen LogP contribution in [-0.4, -0.2) is 31.1 Å². The van der Waals surface area contributed by atoms with E-state index in [2.05, 4.69) is 48.3 Å². The summed E-state index contributed by atoms with van der Waals surface area (Å²) in [5.41, 5.74) is 3.65. The fraction of sp³-hybridized carbons (Fsp3) is 0.684. The molecule has 2 nitrogen and oxygen atoms in total. The molecule has 1 aliphatic heterocycles. The molecule has 0 atom stereocenters. The number of nitrogens with one attached hydrogen (secondary N) is 1. The van der Waals surface area contributed by atoms with Crippen LogP contribution < -0.4 is 5.32 Å². The van der Waals surface area contributed by atoms with E-state index in [4.69, 9.17) is 0 Å². The minimum Gasteiger partial charge on any atom is -0.314 e. The molecule has 1 saturated carbocycles. The van der Waals surface area contributed by atoms with Crippen molar-refractivity contribution in [3.05, 3.63) is 35.4 Å². The summed E-state index contributed by atoms with van der Waals surface area (Å²) in [6.45, 7) is 10.6. The zero-order chi connectivity index (χ0) is 14.7. The van der Waals surface area contributed by atoms with E-state index in [1.54, 1.807) is 5.56 Å². The molecule has 0 spiro atoms. The lowest BCUT2D eigenvalue weighted by Gasteiger charge is -2.34. The lowest BCUT2D eigenvalue weighted by atomic mass is 9.71. The van der Waals surface area contributed by atoms with Gasteiger partial charge in [-0.25, -0.2) is 0 Å². The van der Waals surface area contributed by atoms with E-state index in [0.29, 0.717) is 5.41 Å². The van der Waals surface area contributed by atoms with E-state index in [0.717, 1.165) is 25.6 Å². The minimum absolute atomic E-state index is 0.564. The van der Waals surface area contributed by atoms with Crippen LogP contribution in [0.3, 0.4) is 0 Å². The maximum Gasteiger partial charge on any atom is 0.0234 e. The Morgan fingerprint density at radius 1 is 1.14 bits per heavy atom. The summed E-state index contributed by atoms with van der Waals surface area (Å²) in [6, 6.07) is 9.40. The number of nitrogens with zero attached hydrogens (tertiary/aromatic N) is 1. The number of hydrogen-bond donors (Lipinski definition) is 1. The van der Waals surface area contributed by atoms with Gasteiger partial charge in [0.05, 0.1) is 0 Å². The molecular formula is C19H30N2. The van der Waals surface area contributed by atoms with Gasteiger partial charge in [-0.05, 0) is 48.1 Å². The fourth-order valence-electron chi connectivity index (χ4n) is 3.81. The second-order valence-electron chi connectivity index (χ2n) is 7.71. The Morgan fingerprint density at radius 3 is 2.57 bits per heavy atom. The summed E-state index contributed by atoms with van der Waals surface area (Å²) < 4.78 is 0. The molecule has 21 heavy (non-hydrogen) atoms. The first kappa shape index (κ1) is 15.1. The molecule has 1 N–H and O–H groups in total. The van der Waals surface area contributed by atoms with Gasteiger partial charge in [0.25, 0.3) is 0 Å². The van der Waals surface area contributed by atoms with Crippen molar-refractivity contribution in [1.82, 2.24) is 10.2 Å². The van der Waals surface area contributed by atoms with Crippen LogP contribution in [0.5, 0.6) is 0 Å². The largest absolute Gasteiger partial charge is 0.314 e. The first-order valence-electron chi connectivity index (χ1n) is 8.64. The molecule has 1 aliphatic carbocycles. The monoisotopic (exact) mass is 286 g/mol. The molecular weight excluding hydrogens is 256 g/mol. The van der Waals surface area contributed by atoms with Gasteiger partial charge in [0, 0.05) is 32.7 Å². The minimum atomic E-state index is 0.564. The van der Waals surface area contributed by atoms with Gasteiger partial charge >= 0.3 is 0 Å². The third kappa shape index (κ3) is 4.08. The van der Waals surface area contributed by atoms with Crippen molar-refractivity contribution in [2.45, 2.75) is 52.0 Å². The van der Waals surface area contributed by atoms with Crippen LogP contribution in [0.15, 0.2) is 24.3 Å². The number of benzene rings is 1. The second-order valence-corrected chi connectivity index (χ2v) is 7.71. The normalized spacial score (nSPS) is 24.1. The van der Waals surface area contributed by atoms with Gasteiger partial charge in [-0.3, -0.25) is 4.90 Å². The zero-order valence-electron chi connectivity index (χ0n) is 13.7. The Labute approximate surface area is 129 Å². The van der Waals surface area contributed by atoms with Gasteiger partial charge in [-0.1, -0.05) is 38.1 Å². The lowest BCUT2D eigenvalue weighted by molar-refractivity contribution is 0.223. The van der Waals surface area contributed by atoms with Crippen LogP contribution in [0.25, 0.3) is 0 Å². The van der Waals surface area contributed by atoms with Crippen molar-refractivity contribution < 1.29 is 0 Å². The Balaban J connectivity index is 1.63. The predicted molar refractivity (Wildman–Crippen MR) is 89.6 cm³/mol. The third-order valence-corrected chi connectivity index (χ3v) is 5.38. The first-order valence-corrected chi connectivity index (χ1v) is 8.64. The molecule has 2 aliphatic rings. The third-order valence-electron chi connectivity index (χ3n) is 5.38. The van der Waals surface area contributed by atoms with Crippen LogP contribution in [0.2, 0.25) is 0 Å². The highest BCUT2D eigenvalue weighted by molar-refractivity contribution is 5.27. The molecule has 0 aromatic heterocycles. The van der Waals surface area contributed by atoms with Crippen molar-refractivity contribution in [3.63, 3.8) is 0 Å². The second kappa shape index (κ2) is 6.50. The van der Waals surface area contributed by atoms with E-state index < -0.39 is 0 Å². The zero-order valence-corrected chi connectivity index (χ0v) is 13.7. The predicted octanol–water partition coefficient (Wildman–Crippen LogP) is 3.78. The highest BCUT2D eigenvalue weighted by Gasteiger charge is 2.27. The SMILES string of the molecule is CC1(C)CCC(c2cccc(CN3CCNCC3)c2)CC1. The van der Waals surface area contributed by atoms with E-state index in [1.165, 1.54) is 44.3 Å². The molecule has 0 radical (unpaired) electrons. The number of piperazine rings is 1. The number of rotatable bonds is 3. The van der Waals surface area contributed by atoms with E-state index in [-0.39, 0.29) is 0 Å².